The Kier molecular flexibility index (Phi) is 3.78. The van der Waals surface area contributed by atoms with Gasteiger partial charge in [-0.2, -0.15) is 0 Å². The third-order valence-electron chi connectivity index (χ3n) is 2.64. The SMILES string of the molecule is O=C(O)c1cc(N2NC(C(=O)O)C(=O)NC2=O)ccc1Cl. The number of nitrogens with zero attached hydrogens (tertiary/aromatic N) is 1. The van der Waals surface area contributed by atoms with E-state index in [-0.39, 0.29) is 16.3 Å². The number of carboxylic acid groups (broad SMARTS) is 2. The summed E-state index contributed by atoms with van der Waals surface area (Å²) in [4.78, 5) is 44.9. The molecule has 4 N–H and O–H groups in total. The summed E-state index contributed by atoms with van der Waals surface area (Å²) in [6.07, 6.45) is 0. The van der Waals surface area contributed by atoms with Gasteiger partial charge in [0.2, 0.25) is 6.04 Å². The molecule has 0 saturated carbocycles. The summed E-state index contributed by atoms with van der Waals surface area (Å²) in [5, 5.41) is 20.4. The van der Waals surface area contributed by atoms with Crippen molar-refractivity contribution in [2.45, 2.75) is 6.04 Å². The predicted octanol–water partition coefficient (Wildman–Crippen LogP) is 0.0522. The summed E-state index contributed by atoms with van der Waals surface area (Å²) in [5.74, 6) is -3.82. The van der Waals surface area contributed by atoms with Crippen molar-refractivity contribution in [3.8, 4) is 0 Å². The Morgan fingerprint density at radius 3 is 2.48 bits per heavy atom. The van der Waals surface area contributed by atoms with Gasteiger partial charge in [-0.1, -0.05) is 11.6 Å². The van der Waals surface area contributed by atoms with Crippen molar-refractivity contribution in [3.63, 3.8) is 0 Å². The van der Waals surface area contributed by atoms with Crippen LogP contribution in [0.15, 0.2) is 18.2 Å². The molecule has 3 amide bonds. The molecule has 9 nitrogen and oxygen atoms in total. The monoisotopic (exact) mass is 313 g/mol. The van der Waals surface area contributed by atoms with Crippen LogP contribution >= 0.6 is 11.6 Å². The molecule has 1 atom stereocenters. The second kappa shape index (κ2) is 5.38. The number of carbonyl (C=O) groups is 4. The topological polar surface area (TPSA) is 136 Å². The van der Waals surface area contributed by atoms with E-state index in [1.807, 2.05) is 5.32 Å². The van der Waals surface area contributed by atoms with Crippen LogP contribution in [-0.2, 0) is 9.59 Å². The number of rotatable bonds is 3. The Morgan fingerprint density at radius 2 is 1.90 bits per heavy atom. The Morgan fingerprint density at radius 1 is 1.24 bits per heavy atom. The van der Waals surface area contributed by atoms with Crippen molar-refractivity contribution >= 4 is 41.2 Å². The third-order valence-corrected chi connectivity index (χ3v) is 2.97. The Labute approximate surface area is 122 Å². The zero-order chi connectivity index (χ0) is 15.7. The van der Waals surface area contributed by atoms with Crippen LogP contribution in [0.2, 0.25) is 5.02 Å². The number of benzene rings is 1. The number of hydrazine groups is 1. The number of halogens is 1. The largest absolute Gasteiger partial charge is 0.480 e. The highest BCUT2D eigenvalue weighted by atomic mass is 35.5. The smallest absolute Gasteiger partial charge is 0.343 e. The Balaban J connectivity index is 2.38. The maximum absolute atomic E-state index is 11.7. The molecule has 1 aromatic carbocycles. The lowest BCUT2D eigenvalue weighted by atomic mass is 10.2. The lowest BCUT2D eigenvalue weighted by Gasteiger charge is -2.31. The number of amides is 3. The lowest BCUT2D eigenvalue weighted by Crippen LogP contribution is -2.66. The zero-order valence-corrected chi connectivity index (χ0v) is 10.9. The highest BCUT2D eigenvalue weighted by Crippen LogP contribution is 2.23. The molecular formula is C11H8ClN3O6. The van der Waals surface area contributed by atoms with Gasteiger partial charge in [0.25, 0.3) is 5.91 Å². The molecule has 1 unspecified atom stereocenters. The first-order valence-electron chi connectivity index (χ1n) is 5.48. The van der Waals surface area contributed by atoms with Crippen LogP contribution < -0.4 is 15.8 Å². The van der Waals surface area contributed by atoms with Gasteiger partial charge in [-0.25, -0.2) is 24.8 Å². The van der Waals surface area contributed by atoms with E-state index in [1.54, 1.807) is 0 Å². The number of hydrogen-bond acceptors (Lipinski definition) is 5. The molecular weight excluding hydrogens is 306 g/mol. The maximum Gasteiger partial charge on any atom is 0.343 e. The fourth-order valence-electron chi connectivity index (χ4n) is 1.66. The lowest BCUT2D eigenvalue weighted by molar-refractivity contribution is -0.144. The van der Waals surface area contributed by atoms with Crippen molar-refractivity contribution in [2.24, 2.45) is 0 Å². The average Bonchev–Trinajstić information content (AvgIpc) is 2.39. The van der Waals surface area contributed by atoms with E-state index in [0.717, 1.165) is 11.1 Å². The summed E-state index contributed by atoms with van der Waals surface area (Å²) in [6.45, 7) is 0. The van der Waals surface area contributed by atoms with Crippen molar-refractivity contribution in [2.75, 3.05) is 5.01 Å². The molecule has 1 aromatic rings. The highest BCUT2D eigenvalue weighted by Gasteiger charge is 2.37. The van der Waals surface area contributed by atoms with Crippen LogP contribution in [0.3, 0.4) is 0 Å². The number of aromatic carboxylic acids is 1. The number of hydrogen-bond donors (Lipinski definition) is 4. The van der Waals surface area contributed by atoms with E-state index in [9.17, 15) is 19.2 Å². The predicted molar refractivity (Wildman–Crippen MR) is 69.0 cm³/mol. The van der Waals surface area contributed by atoms with Crippen molar-refractivity contribution in [1.82, 2.24) is 10.7 Å². The molecule has 0 bridgehead atoms. The van der Waals surface area contributed by atoms with Gasteiger partial charge in [-0.05, 0) is 18.2 Å². The molecule has 1 fully saturated rings. The van der Waals surface area contributed by atoms with Crippen LogP contribution in [0.5, 0.6) is 0 Å². The second-order valence-corrected chi connectivity index (χ2v) is 4.41. The van der Waals surface area contributed by atoms with Gasteiger partial charge in [0.05, 0.1) is 16.3 Å². The van der Waals surface area contributed by atoms with Gasteiger partial charge in [0, 0.05) is 0 Å². The molecule has 1 aliphatic rings. The van der Waals surface area contributed by atoms with Gasteiger partial charge in [-0.3, -0.25) is 10.1 Å². The molecule has 2 rings (SSSR count). The summed E-state index contributed by atoms with van der Waals surface area (Å²) in [5.41, 5.74) is 1.94. The number of nitrogens with one attached hydrogen (secondary N) is 2. The number of carboxylic acids is 2. The molecule has 1 heterocycles. The van der Waals surface area contributed by atoms with Gasteiger partial charge >= 0.3 is 18.0 Å². The fourth-order valence-corrected chi connectivity index (χ4v) is 1.85. The molecule has 0 spiro atoms. The first-order valence-corrected chi connectivity index (χ1v) is 5.86. The zero-order valence-electron chi connectivity index (χ0n) is 10.2. The van der Waals surface area contributed by atoms with Crippen LogP contribution in [0.4, 0.5) is 10.5 Å². The van der Waals surface area contributed by atoms with Crippen molar-refractivity contribution in [3.05, 3.63) is 28.8 Å². The van der Waals surface area contributed by atoms with E-state index in [4.69, 9.17) is 21.8 Å². The first-order chi connectivity index (χ1) is 9.81. The number of urea groups is 1. The van der Waals surface area contributed by atoms with Crippen molar-refractivity contribution in [1.29, 1.82) is 0 Å². The molecule has 21 heavy (non-hydrogen) atoms. The molecule has 10 heteroatoms. The minimum atomic E-state index is -1.67. The fraction of sp³-hybridized carbons (Fsp3) is 0.0909. The molecule has 0 radical (unpaired) electrons. The van der Waals surface area contributed by atoms with Gasteiger partial charge < -0.3 is 10.2 Å². The van der Waals surface area contributed by atoms with Gasteiger partial charge in [0.15, 0.2) is 0 Å². The number of anilines is 1. The summed E-state index contributed by atoms with van der Waals surface area (Å²) in [6, 6.07) is 1.01. The van der Waals surface area contributed by atoms with E-state index >= 15 is 0 Å². The van der Waals surface area contributed by atoms with Gasteiger partial charge in [-0.15, -0.1) is 0 Å². The minimum absolute atomic E-state index is 0.0213. The van der Waals surface area contributed by atoms with E-state index in [0.29, 0.717) is 0 Å². The van der Waals surface area contributed by atoms with E-state index in [2.05, 4.69) is 5.43 Å². The second-order valence-electron chi connectivity index (χ2n) is 4.00. The number of carbonyl (C=O) groups excluding carboxylic acids is 2. The molecule has 0 aromatic heterocycles. The quantitative estimate of drug-likeness (QED) is 0.579. The minimum Gasteiger partial charge on any atom is -0.480 e. The standard InChI is InChI=1S/C11H8ClN3O6/c12-6-2-1-4(3-5(6)9(17)18)15-11(21)13-8(16)7(14-15)10(19)20/h1-3,7,14H,(H,17,18)(H,19,20)(H,13,16,21). The Hall–Kier alpha value is -2.65. The molecule has 0 aliphatic carbocycles. The summed E-state index contributed by atoms with van der Waals surface area (Å²) in [7, 11) is 0. The van der Waals surface area contributed by atoms with Crippen molar-refractivity contribution < 1.29 is 29.4 Å². The van der Waals surface area contributed by atoms with Crippen LogP contribution in [-0.4, -0.2) is 40.1 Å². The Bertz CT molecular complexity index is 661. The third kappa shape index (κ3) is 2.78. The van der Waals surface area contributed by atoms with Crippen LogP contribution in [0, 0.1) is 0 Å². The van der Waals surface area contributed by atoms with Gasteiger partial charge in [0.1, 0.15) is 0 Å². The summed E-state index contributed by atoms with van der Waals surface area (Å²) < 4.78 is 0. The molecule has 110 valence electrons. The molecule has 1 aliphatic heterocycles. The van der Waals surface area contributed by atoms with Crippen LogP contribution in [0.1, 0.15) is 10.4 Å². The number of imide groups is 1. The normalized spacial score (nSPS) is 18.3. The average molecular weight is 314 g/mol. The maximum atomic E-state index is 11.7. The van der Waals surface area contributed by atoms with E-state index < -0.39 is 29.9 Å². The summed E-state index contributed by atoms with van der Waals surface area (Å²) >= 11 is 5.70. The first kappa shape index (κ1) is 14.8. The number of aliphatic carboxylic acids is 1. The highest BCUT2D eigenvalue weighted by molar-refractivity contribution is 6.33. The molecule has 1 saturated heterocycles. The van der Waals surface area contributed by atoms with Crippen LogP contribution in [0.25, 0.3) is 0 Å². The van der Waals surface area contributed by atoms with E-state index in [1.165, 1.54) is 12.1 Å².